The normalized spacial score (nSPS) is 15.8. The number of anilines is 1. The van der Waals surface area contributed by atoms with Gasteiger partial charge in [-0.3, -0.25) is 0 Å². The van der Waals surface area contributed by atoms with E-state index in [0.717, 1.165) is 33.6 Å². The van der Waals surface area contributed by atoms with Crippen LogP contribution in [-0.2, 0) is 5.75 Å². The van der Waals surface area contributed by atoms with E-state index in [-0.39, 0.29) is 0 Å². The maximum Gasteiger partial charge on any atom is 0.257 e. The van der Waals surface area contributed by atoms with E-state index in [2.05, 4.69) is 10.1 Å². The summed E-state index contributed by atoms with van der Waals surface area (Å²) in [5.41, 5.74) is 8.56. The molecule has 5 heteroatoms. The summed E-state index contributed by atoms with van der Waals surface area (Å²) in [5.74, 6) is 2.20. The molecule has 1 heterocycles. The minimum atomic E-state index is 0.579. The number of aromatic nitrogens is 2. The average molecular weight is 289 g/mol. The van der Waals surface area contributed by atoms with Crippen molar-refractivity contribution in [2.45, 2.75) is 43.6 Å². The Bertz CT molecular complexity index is 591. The van der Waals surface area contributed by atoms with Crippen molar-refractivity contribution in [2.75, 3.05) is 5.73 Å². The highest BCUT2D eigenvalue weighted by Crippen LogP contribution is 2.31. The summed E-state index contributed by atoms with van der Waals surface area (Å²) >= 11 is 1.95. The molecule has 0 aliphatic heterocycles. The Morgan fingerprint density at radius 2 is 2.15 bits per heavy atom. The van der Waals surface area contributed by atoms with Gasteiger partial charge in [-0.05, 0) is 43.5 Å². The highest BCUT2D eigenvalue weighted by atomic mass is 32.2. The number of nitrogen functional groups attached to an aromatic ring is 1. The van der Waals surface area contributed by atoms with E-state index in [9.17, 15) is 0 Å². The van der Waals surface area contributed by atoms with Crippen molar-refractivity contribution in [3.05, 3.63) is 29.6 Å². The second-order valence-corrected chi connectivity index (χ2v) is 6.59. The zero-order valence-corrected chi connectivity index (χ0v) is 12.4. The van der Waals surface area contributed by atoms with Crippen LogP contribution in [0.15, 0.2) is 22.7 Å². The predicted octanol–water partition coefficient (Wildman–Crippen LogP) is 3.80. The van der Waals surface area contributed by atoms with Crippen molar-refractivity contribution in [3.8, 4) is 11.5 Å². The molecule has 0 spiro atoms. The summed E-state index contributed by atoms with van der Waals surface area (Å²) in [6.45, 7) is 1.98. The molecule has 4 nitrogen and oxygen atoms in total. The number of hydrogen-bond donors (Lipinski definition) is 1. The first kappa shape index (κ1) is 13.5. The zero-order chi connectivity index (χ0) is 13.9. The van der Waals surface area contributed by atoms with Gasteiger partial charge in [-0.1, -0.05) is 18.0 Å². The second kappa shape index (κ2) is 5.87. The standard InChI is InChI=1S/C15H19N3OS/c1-10-8-11(6-7-13(10)16)15-17-14(18-19-15)9-20-12-4-2-3-5-12/h6-8,12H,2-5,9,16H2,1H3. The van der Waals surface area contributed by atoms with Crippen LogP contribution in [0.2, 0.25) is 0 Å². The first-order valence-corrected chi connectivity index (χ1v) is 8.08. The van der Waals surface area contributed by atoms with Crippen LogP contribution >= 0.6 is 11.8 Å². The molecule has 0 radical (unpaired) electrons. The molecule has 106 valence electrons. The summed E-state index contributed by atoms with van der Waals surface area (Å²) in [6, 6.07) is 5.78. The van der Waals surface area contributed by atoms with Gasteiger partial charge < -0.3 is 10.3 Å². The van der Waals surface area contributed by atoms with Crippen molar-refractivity contribution >= 4 is 17.4 Å². The van der Waals surface area contributed by atoms with Gasteiger partial charge in [0.1, 0.15) is 0 Å². The highest BCUT2D eigenvalue weighted by molar-refractivity contribution is 7.99. The van der Waals surface area contributed by atoms with E-state index >= 15 is 0 Å². The molecule has 1 aromatic heterocycles. The number of aryl methyl sites for hydroxylation is 1. The number of thioether (sulfide) groups is 1. The molecule has 2 aromatic rings. The second-order valence-electron chi connectivity index (χ2n) is 5.30. The fourth-order valence-corrected chi connectivity index (χ4v) is 3.65. The molecular weight excluding hydrogens is 270 g/mol. The van der Waals surface area contributed by atoms with Gasteiger partial charge in [0.05, 0.1) is 5.75 Å². The van der Waals surface area contributed by atoms with Gasteiger partial charge in [-0.25, -0.2) is 0 Å². The molecule has 1 aromatic carbocycles. The number of benzene rings is 1. The molecular formula is C15H19N3OS. The van der Waals surface area contributed by atoms with Gasteiger partial charge in [0, 0.05) is 16.5 Å². The van der Waals surface area contributed by atoms with Crippen LogP contribution in [0.4, 0.5) is 5.69 Å². The van der Waals surface area contributed by atoms with E-state index in [1.807, 2.05) is 36.9 Å². The van der Waals surface area contributed by atoms with Crippen LogP contribution in [0.25, 0.3) is 11.5 Å². The number of hydrogen-bond acceptors (Lipinski definition) is 5. The largest absolute Gasteiger partial charge is 0.399 e. The van der Waals surface area contributed by atoms with E-state index in [1.165, 1.54) is 25.7 Å². The third-order valence-electron chi connectivity index (χ3n) is 3.74. The fraction of sp³-hybridized carbons (Fsp3) is 0.467. The molecule has 0 atom stereocenters. The molecule has 1 aliphatic rings. The van der Waals surface area contributed by atoms with Gasteiger partial charge in [0.2, 0.25) is 0 Å². The van der Waals surface area contributed by atoms with Crippen LogP contribution in [0.3, 0.4) is 0 Å². The highest BCUT2D eigenvalue weighted by Gasteiger charge is 2.17. The monoisotopic (exact) mass is 289 g/mol. The molecule has 20 heavy (non-hydrogen) atoms. The van der Waals surface area contributed by atoms with E-state index < -0.39 is 0 Å². The molecule has 0 unspecified atom stereocenters. The summed E-state index contributed by atoms with van der Waals surface area (Å²) < 4.78 is 5.35. The number of nitrogens with two attached hydrogens (primary N) is 1. The molecule has 2 N–H and O–H groups in total. The van der Waals surface area contributed by atoms with Crippen molar-refractivity contribution in [1.82, 2.24) is 10.1 Å². The molecule has 3 rings (SSSR count). The third kappa shape index (κ3) is 2.98. The van der Waals surface area contributed by atoms with E-state index in [4.69, 9.17) is 10.3 Å². The summed E-state index contributed by atoms with van der Waals surface area (Å²) in [4.78, 5) is 4.47. The van der Waals surface area contributed by atoms with Crippen LogP contribution in [0, 0.1) is 6.92 Å². The zero-order valence-electron chi connectivity index (χ0n) is 11.6. The Balaban J connectivity index is 1.67. The van der Waals surface area contributed by atoms with Crippen LogP contribution in [0.5, 0.6) is 0 Å². The molecule has 0 saturated heterocycles. The minimum Gasteiger partial charge on any atom is -0.399 e. The molecule has 1 saturated carbocycles. The van der Waals surface area contributed by atoms with E-state index in [1.54, 1.807) is 0 Å². The smallest absolute Gasteiger partial charge is 0.257 e. The minimum absolute atomic E-state index is 0.579. The van der Waals surface area contributed by atoms with Gasteiger partial charge >= 0.3 is 0 Å². The van der Waals surface area contributed by atoms with Crippen LogP contribution in [0.1, 0.15) is 37.1 Å². The SMILES string of the molecule is Cc1cc(-c2nc(CSC3CCCC3)no2)ccc1N. The lowest BCUT2D eigenvalue weighted by molar-refractivity contribution is 0.425. The molecule has 1 aliphatic carbocycles. The Morgan fingerprint density at radius 1 is 1.35 bits per heavy atom. The maximum absolute atomic E-state index is 5.82. The van der Waals surface area contributed by atoms with Crippen molar-refractivity contribution in [1.29, 1.82) is 0 Å². The van der Waals surface area contributed by atoms with Gasteiger partial charge in [-0.15, -0.1) is 0 Å². The summed E-state index contributed by atoms with van der Waals surface area (Å²) in [7, 11) is 0. The maximum atomic E-state index is 5.82. The molecule has 0 amide bonds. The number of rotatable bonds is 4. The first-order valence-electron chi connectivity index (χ1n) is 7.03. The molecule has 0 bridgehead atoms. The average Bonchev–Trinajstić information content (AvgIpc) is 3.10. The molecule has 1 fully saturated rings. The van der Waals surface area contributed by atoms with Gasteiger partial charge in [-0.2, -0.15) is 16.7 Å². The summed E-state index contributed by atoms with van der Waals surface area (Å²) in [6.07, 6.45) is 5.37. The van der Waals surface area contributed by atoms with E-state index in [0.29, 0.717) is 5.89 Å². The fourth-order valence-electron chi connectivity index (χ4n) is 2.49. The first-order chi connectivity index (χ1) is 9.72. The topological polar surface area (TPSA) is 64.9 Å². The van der Waals surface area contributed by atoms with Crippen molar-refractivity contribution in [3.63, 3.8) is 0 Å². The van der Waals surface area contributed by atoms with Crippen molar-refractivity contribution < 1.29 is 4.52 Å². The number of nitrogens with zero attached hydrogens (tertiary/aromatic N) is 2. The lowest BCUT2D eigenvalue weighted by Crippen LogP contribution is -1.95. The predicted molar refractivity (Wildman–Crippen MR) is 82.4 cm³/mol. The Hall–Kier alpha value is -1.49. The quantitative estimate of drug-likeness (QED) is 0.867. The Labute approximate surface area is 123 Å². The lowest BCUT2D eigenvalue weighted by Gasteiger charge is -2.04. The Morgan fingerprint density at radius 3 is 2.90 bits per heavy atom. The van der Waals surface area contributed by atoms with Crippen LogP contribution < -0.4 is 5.73 Å². The lowest BCUT2D eigenvalue weighted by atomic mass is 10.1. The van der Waals surface area contributed by atoms with Gasteiger partial charge in [0.25, 0.3) is 5.89 Å². The third-order valence-corrected chi connectivity index (χ3v) is 5.10. The van der Waals surface area contributed by atoms with Crippen molar-refractivity contribution in [2.24, 2.45) is 0 Å². The Kier molecular flexibility index (Phi) is 3.96. The van der Waals surface area contributed by atoms with Gasteiger partial charge in [0.15, 0.2) is 5.82 Å². The van der Waals surface area contributed by atoms with Crippen LogP contribution in [-0.4, -0.2) is 15.4 Å². The summed E-state index contributed by atoms with van der Waals surface area (Å²) in [5, 5.41) is 4.84.